The van der Waals surface area contributed by atoms with Gasteiger partial charge in [0.15, 0.2) is 5.65 Å². The van der Waals surface area contributed by atoms with E-state index in [-0.39, 0.29) is 5.91 Å². The summed E-state index contributed by atoms with van der Waals surface area (Å²) in [6.07, 6.45) is 1.91. The standard InChI is InChI=1S/C20H17N5O/c1-14-4-2-5-15(10-14)11-20(26)22-17-7-3-6-16(12-17)18-8-9-19-23-21-13-25(19)24-18/h2-10,12-13H,11H2,1H3,(H,22,26). The third-order valence-corrected chi connectivity index (χ3v) is 4.05. The lowest BCUT2D eigenvalue weighted by Crippen LogP contribution is -2.14. The minimum Gasteiger partial charge on any atom is -0.326 e. The summed E-state index contributed by atoms with van der Waals surface area (Å²) in [5.74, 6) is -0.0463. The first-order valence-corrected chi connectivity index (χ1v) is 8.30. The molecule has 0 spiro atoms. The second-order valence-corrected chi connectivity index (χ2v) is 6.15. The Bertz CT molecular complexity index is 1090. The van der Waals surface area contributed by atoms with E-state index < -0.39 is 0 Å². The molecule has 4 rings (SSSR count). The molecule has 26 heavy (non-hydrogen) atoms. The highest BCUT2D eigenvalue weighted by atomic mass is 16.1. The van der Waals surface area contributed by atoms with Crippen LogP contribution in [-0.4, -0.2) is 25.7 Å². The first-order chi connectivity index (χ1) is 12.7. The number of hydrogen-bond donors (Lipinski definition) is 1. The van der Waals surface area contributed by atoms with Crippen LogP contribution >= 0.6 is 0 Å². The fourth-order valence-electron chi connectivity index (χ4n) is 2.85. The summed E-state index contributed by atoms with van der Waals surface area (Å²) in [5.41, 5.74) is 5.27. The van der Waals surface area contributed by atoms with E-state index >= 15 is 0 Å². The van der Waals surface area contributed by atoms with Crippen molar-refractivity contribution in [3.8, 4) is 11.3 Å². The van der Waals surface area contributed by atoms with Crippen molar-refractivity contribution in [2.45, 2.75) is 13.3 Å². The summed E-state index contributed by atoms with van der Waals surface area (Å²) in [7, 11) is 0. The molecule has 0 unspecified atom stereocenters. The van der Waals surface area contributed by atoms with Crippen LogP contribution in [-0.2, 0) is 11.2 Å². The normalized spacial score (nSPS) is 10.8. The van der Waals surface area contributed by atoms with Crippen LogP contribution in [0.25, 0.3) is 16.9 Å². The number of aryl methyl sites for hydroxylation is 1. The molecule has 6 nitrogen and oxygen atoms in total. The van der Waals surface area contributed by atoms with Gasteiger partial charge in [0, 0.05) is 11.3 Å². The molecule has 4 aromatic rings. The van der Waals surface area contributed by atoms with E-state index in [1.807, 2.05) is 67.6 Å². The molecule has 0 radical (unpaired) electrons. The summed E-state index contributed by atoms with van der Waals surface area (Å²) in [4.78, 5) is 12.3. The molecule has 0 fully saturated rings. The second-order valence-electron chi connectivity index (χ2n) is 6.15. The topological polar surface area (TPSA) is 72.2 Å². The van der Waals surface area contributed by atoms with Crippen LogP contribution in [0.3, 0.4) is 0 Å². The minimum absolute atomic E-state index is 0.0463. The first-order valence-electron chi connectivity index (χ1n) is 8.30. The van der Waals surface area contributed by atoms with Gasteiger partial charge in [0.1, 0.15) is 6.33 Å². The largest absolute Gasteiger partial charge is 0.326 e. The fraction of sp³-hybridized carbons (Fsp3) is 0.100. The summed E-state index contributed by atoms with van der Waals surface area (Å²) in [6.45, 7) is 2.02. The molecule has 1 N–H and O–H groups in total. The third kappa shape index (κ3) is 3.44. The summed E-state index contributed by atoms with van der Waals surface area (Å²) >= 11 is 0. The average Bonchev–Trinajstić information content (AvgIpc) is 3.09. The molecule has 2 aromatic heterocycles. The van der Waals surface area contributed by atoms with E-state index in [0.29, 0.717) is 12.1 Å². The van der Waals surface area contributed by atoms with E-state index in [4.69, 9.17) is 0 Å². The summed E-state index contributed by atoms with van der Waals surface area (Å²) in [6, 6.07) is 19.3. The van der Waals surface area contributed by atoms with Crippen molar-refractivity contribution in [3.05, 3.63) is 78.1 Å². The zero-order valence-corrected chi connectivity index (χ0v) is 14.3. The van der Waals surface area contributed by atoms with Crippen molar-refractivity contribution >= 4 is 17.2 Å². The number of hydrogen-bond acceptors (Lipinski definition) is 4. The molecule has 1 amide bonds. The van der Waals surface area contributed by atoms with Gasteiger partial charge in [0.25, 0.3) is 0 Å². The highest BCUT2D eigenvalue weighted by molar-refractivity contribution is 5.92. The number of nitrogens with zero attached hydrogens (tertiary/aromatic N) is 4. The highest BCUT2D eigenvalue weighted by Crippen LogP contribution is 2.21. The van der Waals surface area contributed by atoms with Gasteiger partial charge in [-0.3, -0.25) is 4.79 Å². The maximum absolute atomic E-state index is 12.3. The number of nitrogens with one attached hydrogen (secondary N) is 1. The number of carbonyl (C=O) groups is 1. The Kier molecular flexibility index (Phi) is 4.15. The fourth-order valence-corrected chi connectivity index (χ4v) is 2.85. The predicted octanol–water partition coefficient (Wildman–Crippen LogP) is 3.28. The Morgan fingerprint density at radius 1 is 1.08 bits per heavy atom. The quantitative estimate of drug-likeness (QED) is 0.617. The Morgan fingerprint density at radius 3 is 2.85 bits per heavy atom. The molecule has 0 saturated heterocycles. The van der Waals surface area contributed by atoms with E-state index in [2.05, 4.69) is 20.6 Å². The minimum atomic E-state index is -0.0463. The lowest BCUT2D eigenvalue weighted by Gasteiger charge is -2.08. The van der Waals surface area contributed by atoms with Crippen LogP contribution in [0.1, 0.15) is 11.1 Å². The zero-order chi connectivity index (χ0) is 17.9. The molecule has 0 aliphatic heterocycles. The van der Waals surface area contributed by atoms with Gasteiger partial charge in [-0.2, -0.15) is 9.61 Å². The highest BCUT2D eigenvalue weighted by Gasteiger charge is 2.07. The Balaban J connectivity index is 1.52. The van der Waals surface area contributed by atoms with E-state index in [1.54, 1.807) is 10.8 Å². The van der Waals surface area contributed by atoms with Crippen molar-refractivity contribution in [1.29, 1.82) is 0 Å². The molecule has 128 valence electrons. The van der Waals surface area contributed by atoms with Crippen LogP contribution in [0.15, 0.2) is 67.0 Å². The van der Waals surface area contributed by atoms with Gasteiger partial charge in [0.2, 0.25) is 5.91 Å². The van der Waals surface area contributed by atoms with Crippen molar-refractivity contribution in [2.75, 3.05) is 5.32 Å². The van der Waals surface area contributed by atoms with Gasteiger partial charge in [-0.05, 0) is 36.8 Å². The number of fused-ring (bicyclic) bond motifs is 1. The predicted molar refractivity (Wildman–Crippen MR) is 99.7 cm³/mol. The van der Waals surface area contributed by atoms with Gasteiger partial charge in [0.05, 0.1) is 12.1 Å². The van der Waals surface area contributed by atoms with Crippen molar-refractivity contribution in [3.63, 3.8) is 0 Å². The maximum atomic E-state index is 12.3. The molecule has 2 aromatic carbocycles. The maximum Gasteiger partial charge on any atom is 0.228 e. The summed E-state index contributed by atoms with van der Waals surface area (Å²) in [5, 5.41) is 15.2. The van der Waals surface area contributed by atoms with Gasteiger partial charge >= 0.3 is 0 Å². The third-order valence-electron chi connectivity index (χ3n) is 4.05. The molecule has 0 bridgehead atoms. The second kappa shape index (κ2) is 6.76. The van der Waals surface area contributed by atoms with Crippen molar-refractivity contribution in [1.82, 2.24) is 19.8 Å². The van der Waals surface area contributed by atoms with Crippen LogP contribution < -0.4 is 5.32 Å². The molecular formula is C20H17N5O. The Labute approximate surface area is 150 Å². The molecule has 0 saturated carbocycles. The number of rotatable bonds is 4. The van der Waals surface area contributed by atoms with Crippen molar-refractivity contribution < 1.29 is 4.79 Å². The number of benzene rings is 2. The van der Waals surface area contributed by atoms with E-state index in [1.165, 1.54) is 0 Å². The zero-order valence-electron chi connectivity index (χ0n) is 14.3. The molecule has 0 aliphatic carbocycles. The molecular weight excluding hydrogens is 326 g/mol. The first kappa shape index (κ1) is 16.0. The SMILES string of the molecule is Cc1cccc(CC(=O)Nc2cccc(-c3ccc4nncn4n3)c2)c1. The Hall–Kier alpha value is -3.54. The van der Waals surface area contributed by atoms with E-state index in [0.717, 1.165) is 28.1 Å². The van der Waals surface area contributed by atoms with Crippen molar-refractivity contribution in [2.24, 2.45) is 0 Å². The van der Waals surface area contributed by atoms with Crippen LogP contribution in [0.4, 0.5) is 5.69 Å². The van der Waals surface area contributed by atoms with Crippen LogP contribution in [0, 0.1) is 6.92 Å². The lowest BCUT2D eigenvalue weighted by molar-refractivity contribution is -0.115. The Morgan fingerprint density at radius 2 is 1.96 bits per heavy atom. The van der Waals surface area contributed by atoms with E-state index in [9.17, 15) is 4.79 Å². The van der Waals surface area contributed by atoms with Gasteiger partial charge in [-0.25, -0.2) is 0 Å². The monoisotopic (exact) mass is 343 g/mol. The van der Waals surface area contributed by atoms with Gasteiger partial charge in [-0.15, -0.1) is 10.2 Å². The van der Waals surface area contributed by atoms with Crippen LogP contribution in [0.2, 0.25) is 0 Å². The van der Waals surface area contributed by atoms with Gasteiger partial charge in [-0.1, -0.05) is 42.0 Å². The lowest BCUT2D eigenvalue weighted by atomic mass is 10.1. The number of aromatic nitrogens is 4. The van der Waals surface area contributed by atoms with Gasteiger partial charge < -0.3 is 5.32 Å². The smallest absolute Gasteiger partial charge is 0.228 e. The number of amides is 1. The average molecular weight is 343 g/mol. The molecule has 0 aliphatic rings. The van der Waals surface area contributed by atoms with Crippen LogP contribution in [0.5, 0.6) is 0 Å². The number of carbonyl (C=O) groups excluding carboxylic acids is 1. The molecule has 0 atom stereocenters. The number of anilines is 1. The molecule has 6 heteroatoms. The molecule has 2 heterocycles. The summed E-state index contributed by atoms with van der Waals surface area (Å²) < 4.78 is 1.62.